The summed E-state index contributed by atoms with van der Waals surface area (Å²) in [6.07, 6.45) is 0. The maximum atomic E-state index is 12.4. The molecule has 0 saturated heterocycles. The molecular weight excluding hydrogens is 299 g/mol. The lowest BCUT2D eigenvalue weighted by Crippen LogP contribution is -2.29. The van der Waals surface area contributed by atoms with Crippen molar-refractivity contribution in [1.82, 2.24) is 0 Å². The van der Waals surface area contributed by atoms with E-state index in [0.717, 1.165) is 6.04 Å². The van der Waals surface area contributed by atoms with Gasteiger partial charge in [-0.05, 0) is 19.9 Å². The fourth-order valence-electron chi connectivity index (χ4n) is 1.45. The van der Waals surface area contributed by atoms with Gasteiger partial charge in [-0.3, -0.25) is 9.36 Å². The minimum Gasteiger partial charge on any atom is -0.480 e. The summed E-state index contributed by atoms with van der Waals surface area (Å²) in [5.74, 6) is -1.22. The van der Waals surface area contributed by atoms with Gasteiger partial charge >= 0.3 is 13.6 Å². The molecule has 0 radical (unpaired) electrons. The summed E-state index contributed by atoms with van der Waals surface area (Å²) in [6.45, 7) is 10.5. The zero-order chi connectivity index (χ0) is 15.8. The first kappa shape index (κ1) is 19.8. The second kappa shape index (κ2) is 8.95. The Kier molecular flexibility index (Phi) is 8.86. The van der Waals surface area contributed by atoms with Crippen LogP contribution in [0, 0.1) is 0 Å². The molecule has 0 amide bonds. The molecule has 0 aromatic rings. The number of aliphatic carboxylic acids is 1. The average molecular weight is 326 g/mol. The first-order valence-electron chi connectivity index (χ1n) is 6.85. The Bertz CT molecular complexity index is 331. The number of carboxylic acids is 1. The molecule has 0 aliphatic rings. The van der Waals surface area contributed by atoms with Crippen molar-refractivity contribution in [1.29, 1.82) is 0 Å². The SMILES string of the molecule is CCOP(=O)(OCC)C(COCC[Si](C)(C)C)C(=O)O. The van der Waals surface area contributed by atoms with Gasteiger partial charge in [-0.25, -0.2) is 0 Å². The van der Waals surface area contributed by atoms with E-state index in [4.69, 9.17) is 13.8 Å². The molecule has 1 N–H and O–H groups in total. The highest BCUT2D eigenvalue weighted by atomic mass is 31.2. The molecule has 1 unspecified atom stereocenters. The van der Waals surface area contributed by atoms with Crippen molar-refractivity contribution >= 4 is 21.6 Å². The molecule has 0 aliphatic heterocycles. The molecule has 1 atom stereocenters. The molecule has 0 aliphatic carbocycles. The molecule has 0 aromatic heterocycles. The Morgan fingerprint density at radius 2 is 1.70 bits per heavy atom. The van der Waals surface area contributed by atoms with E-state index in [-0.39, 0.29) is 19.8 Å². The molecule has 6 nitrogen and oxygen atoms in total. The molecule has 120 valence electrons. The predicted molar refractivity (Wildman–Crippen MR) is 81.3 cm³/mol. The van der Waals surface area contributed by atoms with Gasteiger partial charge in [0.15, 0.2) is 5.66 Å². The van der Waals surface area contributed by atoms with E-state index in [0.29, 0.717) is 6.61 Å². The smallest absolute Gasteiger partial charge is 0.347 e. The highest BCUT2D eigenvalue weighted by molar-refractivity contribution is 7.55. The van der Waals surface area contributed by atoms with E-state index >= 15 is 0 Å². The topological polar surface area (TPSA) is 82.1 Å². The Balaban J connectivity index is 4.62. The van der Waals surface area contributed by atoms with E-state index in [9.17, 15) is 14.5 Å². The summed E-state index contributed by atoms with van der Waals surface area (Å²) in [4.78, 5) is 11.3. The van der Waals surface area contributed by atoms with Crippen LogP contribution in [0.1, 0.15) is 13.8 Å². The van der Waals surface area contributed by atoms with Crippen LogP contribution in [-0.4, -0.2) is 51.2 Å². The molecule has 0 saturated carbocycles. The number of carboxylic acid groups (broad SMARTS) is 1. The molecule has 0 aromatic carbocycles. The Labute approximate surface area is 122 Å². The van der Waals surface area contributed by atoms with Crippen molar-refractivity contribution in [3.63, 3.8) is 0 Å². The Hall–Kier alpha value is -0.203. The van der Waals surface area contributed by atoms with Gasteiger partial charge in [0.1, 0.15) is 0 Å². The number of rotatable bonds is 11. The van der Waals surface area contributed by atoms with Crippen molar-refractivity contribution in [3.8, 4) is 0 Å². The lowest BCUT2D eigenvalue weighted by molar-refractivity contribution is -0.138. The molecule has 0 rings (SSSR count). The van der Waals surface area contributed by atoms with Crippen molar-refractivity contribution in [2.75, 3.05) is 26.4 Å². The minimum absolute atomic E-state index is 0.135. The molecule has 0 fully saturated rings. The van der Waals surface area contributed by atoms with Gasteiger partial charge in [-0.2, -0.15) is 0 Å². The zero-order valence-electron chi connectivity index (χ0n) is 13.0. The van der Waals surface area contributed by atoms with Crippen molar-refractivity contribution < 1.29 is 28.3 Å². The lowest BCUT2D eigenvalue weighted by Gasteiger charge is -2.23. The summed E-state index contributed by atoms with van der Waals surface area (Å²) in [5, 5.41) is 9.22. The summed E-state index contributed by atoms with van der Waals surface area (Å²) in [6, 6.07) is 0.924. The van der Waals surface area contributed by atoms with E-state index in [1.54, 1.807) is 13.8 Å². The maximum absolute atomic E-state index is 12.4. The minimum atomic E-state index is -3.68. The summed E-state index contributed by atoms with van der Waals surface area (Å²) < 4.78 is 28.0. The van der Waals surface area contributed by atoms with Crippen LogP contribution >= 0.6 is 7.60 Å². The van der Waals surface area contributed by atoms with Gasteiger partial charge < -0.3 is 18.9 Å². The lowest BCUT2D eigenvalue weighted by atomic mass is 10.4. The van der Waals surface area contributed by atoms with Crippen LogP contribution in [0.2, 0.25) is 25.7 Å². The number of ether oxygens (including phenoxy) is 1. The van der Waals surface area contributed by atoms with Crippen LogP contribution < -0.4 is 0 Å². The van der Waals surface area contributed by atoms with Gasteiger partial charge in [-0.15, -0.1) is 0 Å². The highest BCUT2D eigenvalue weighted by Crippen LogP contribution is 2.53. The summed E-state index contributed by atoms with van der Waals surface area (Å²) in [5.41, 5.74) is -1.27. The quantitative estimate of drug-likeness (QED) is 0.357. The van der Waals surface area contributed by atoms with Crippen molar-refractivity contribution in [2.24, 2.45) is 0 Å². The van der Waals surface area contributed by atoms with E-state index < -0.39 is 27.3 Å². The van der Waals surface area contributed by atoms with Gasteiger partial charge in [0.25, 0.3) is 0 Å². The fourth-order valence-corrected chi connectivity index (χ4v) is 3.92. The van der Waals surface area contributed by atoms with Crippen LogP contribution in [0.4, 0.5) is 0 Å². The van der Waals surface area contributed by atoms with E-state index in [1.165, 1.54) is 0 Å². The highest BCUT2D eigenvalue weighted by Gasteiger charge is 2.41. The third kappa shape index (κ3) is 7.55. The maximum Gasteiger partial charge on any atom is 0.347 e. The van der Waals surface area contributed by atoms with Gasteiger partial charge in [-0.1, -0.05) is 19.6 Å². The Morgan fingerprint density at radius 1 is 1.20 bits per heavy atom. The van der Waals surface area contributed by atoms with Gasteiger partial charge in [0.2, 0.25) is 0 Å². The van der Waals surface area contributed by atoms with Crippen LogP contribution in [0.15, 0.2) is 0 Å². The van der Waals surface area contributed by atoms with Crippen LogP contribution in [0.5, 0.6) is 0 Å². The van der Waals surface area contributed by atoms with Crippen LogP contribution in [-0.2, 0) is 23.1 Å². The first-order chi connectivity index (χ1) is 9.16. The van der Waals surface area contributed by atoms with Gasteiger partial charge in [0.05, 0.1) is 19.8 Å². The molecule has 20 heavy (non-hydrogen) atoms. The third-order valence-corrected chi connectivity index (χ3v) is 6.63. The summed E-state index contributed by atoms with van der Waals surface area (Å²) in [7, 11) is -4.92. The van der Waals surface area contributed by atoms with Crippen LogP contribution in [0.3, 0.4) is 0 Å². The third-order valence-electron chi connectivity index (χ3n) is 2.56. The fraction of sp³-hybridized carbons (Fsp3) is 0.917. The summed E-state index contributed by atoms with van der Waals surface area (Å²) >= 11 is 0. The molecule has 0 spiro atoms. The van der Waals surface area contributed by atoms with Gasteiger partial charge in [0, 0.05) is 14.7 Å². The largest absolute Gasteiger partial charge is 0.480 e. The standard InChI is InChI=1S/C12H27O6PSi/c1-6-17-19(15,18-7-2)11(12(13)14)10-16-8-9-20(3,4)5/h11H,6-10H2,1-5H3,(H,13,14). The number of carbonyl (C=O) groups is 1. The predicted octanol–water partition coefficient (Wildman–Crippen LogP) is 3.06. The number of hydrogen-bond donors (Lipinski definition) is 1. The van der Waals surface area contributed by atoms with Crippen LogP contribution in [0.25, 0.3) is 0 Å². The normalized spacial score (nSPS) is 14.2. The molecule has 8 heteroatoms. The molecule has 0 heterocycles. The molecular formula is C12H27O6PSi. The zero-order valence-corrected chi connectivity index (χ0v) is 14.9. The first-order valence-corrected chi connectivity index (χ1v) is 12.2. The van der Waals surface area contributed by atoms with E-state index in [2.05, 4.69) is 19.6 Å². The van der Waals surface area contributed by atoms with Crippen molar-refractivity contribution in [3.05, 3.63) is 0 Å². The molecule has 0 bridgehead atoms. The Morgan fingerprint density at radius 3 is 2.05 bits per heavy atom. The second-order valence-electron chi connectivity index (χ2n) is 5.61. The number of hydrogen-bond acceptors (Lipinski definition) is 5. The monoisotopic (exact) mass is 326 g/mol. The second-order valence-corrected chi connectivity index (χ2v) is 13.5. The van der Waals surface area contributed by atoms with E-state index in [1.807, 2.05) is 0 Å². The van der Waals surface area contributed by atoms with Crippen molar-refractivity contribution in [2.45, 2.75) is 45.2 Å². The average Bonchev–Trinajstić information content (AvgIpc) is 2.27.